The summed E-state index contributed by atoms with van der Waals surface area (Å²) in [4.78, 5) is 37.4. The molecule has 2 rings (SSSR count). The summed E-state index contributed by atoms with van der Waals surface area (Å²) in [7, 11) is 1.68. The lowest BCUT2D eigenvalue weighted by molar-refractivity contribution is -0.129. The molecule has 0 aliphatic carbocycles. The molecule has 0 aliphatic heterocycles. The Bertz CT molecular complexity index is 729. The van der Waals surface area contributed by atoms with Gasteiger partial charge in [0.1, 0.15) is 0 Å². The first-order chi connectivity index (χ1) is 9.47. The van der Waals surface area contributed by atoms with Crippen molar-refractivity contribution in [1.29, 1.82) is 0 Å². The maximum Gasteiger partial charge on any atom is 0.266 e. The third kappa shape index (κ3) is 3.24. The van der Waals surface area contributed by atoms with Gasteiger partial charge in [0.2, 0.25) is 5.91 Å². The van der Waals surface area contributed by atoms with Gasteiger partial charge in [0.15, 0.2) is 0 Å². The Kier molecular flexibility index (Phi) is 4.19. The molecule has 0 atom stereocenters. The van der Waals surface area contributed by atoms with Crippen LogP contribution in [0.15, 0.2) is 27.1 Å². The van der Waals surface area contributed by atoms with Gasteiger partial charge in [0.05, 0.1) is 13.0 Å². The molecule has 0 spiro atoms. The molecular formula is C13H15N3O3S. The van der Waals surface area contributed by atoms with Gasteiger partial charge in [-0.25, -0.2) is 0 Å². The average Bonchev–Trinajstić information content (AvgIpc) is 2.79. The summed E-state index contributed by atoms with van der Waals surface area (Å²) in [5, 5.41) is 6.35. The van der Waals surface area contributed by atoms with Crippen LogP contribution in [0.4, 0.5) is 0 Å². The highest BCUT2D eigenvalue weighted by Crippen LogP contribution is 2.17. The average molecular weight is 293 g/mol. The fraction of sp³-hybridized carbons (Fsp3) is 0.308. The molecular weight excluding hydrogens is 278 g/mol. The summed E-state index contributed by atoms with van der Waals surface area (Å²) in [6, 6.07) is 3.15. The van der Waals surface area contributed by atoms with E-state index in [9.17, 15) is 14.4 Å². The third-order valence-electron chi connectivity index (χ3n) is 3.01. The Morgan fingerprint density at radius 3 is 2.75 bits per heavy atom. The Labute approximate surface area is 119 Å². The van der Waals surface area contributed by atoms with Crippen LogP contribution in [-0.4, -0.2) is 28.1 Å². The lowest BCUT2D eigenvalue weighted by Gasteiger charge is -2.16. The van der Waals surface area contributed by atoms with Gasteiger partial charge in [-0.05, 0) is 23.9 Å². The number of thiophene rings is 1. The van der Waals surface area contributed by atoms with Crippen LogP contribution in [-0.2, 0) is 17.8 Å². The van der Waals surface area contributed by atoms with Gasteiger partial charge in [-0.1, -0.05) is 0 Å². The zero-order chi connectivity index (χ0) is 14.7. The van der Waals surface area contributed by atoms with Crippen molar-refractivity contribution in [2.45, 2.75) is 19.9 Å². The number of carbonyl (C=O) groups is 1. The Hall–Kier alpha value is -2.15. The predicted octanol–water partition coefficient (Wildman–Crippen LogP) is 0.634. The van der Waals surface area contributed by atoms with E-state index in [0.717, 1.165) is 16.5 Å². The highest BCUT2D eigenvalue weighted by Gasteiger charge is 2.14. The number of amides is 1. The van der Waals surface area contributed by atoms with Crippen LogP contribution in [0.5, 0.6) is 0 Å². The van der Waals surface area contributed by atoms with E-state index in [4.69, 9.17) is 0 Å². The molecule has 0 radical (unpaired) electrons. The maximum atomic E-state index is 12.1. The second-order valence-electron chi connectivity index (χ2n) is 4.57. The highest BCUT2D eigenvalue weighted by atomic mass is 32.1. The first-order valence-electron chi connectivity index (χ1n) is 6.05. The number of nitrogens with zero attached hydrogens (tertiary/aromatic N) is 1. The van der Waals surface area contributed by atoms with Crippen LogP contribution < -0.4 is 11.1 Å². The van der Waals surface area contributed by atoms with Crippen LogP contribution in [0.25, 0.3) is 0 Å². The molecule has 2 N–H and O–H groups in total. The van der Waals surface area contributed by atoms with E-state index in [1.165, 1.54) is 0 Å². The lowest BCUT2D eigenvalue weighted by atomic mass is 10.2. The fourth-order valence-electron chi connectivity index (χ4n) is 1.76. The van der Waals surface area contributed by atoms with Gasteiger partial charge in [0, 0.05) is 23.6 Å². The Morgan fingerprint density at radius 1 is 1.35 bits per heavy atom. The topological polar surface area (TPSA) is 86.0 Å². The minimum atomic E-state index is -0.446. The maximum absolute atomic E-state index is 12.1. The minimum absolute atomic E-state index is 0.0832. The highest BCUT2D eigenvalue weighted by molar-refractivity contribution is 7.10. The summed E-state index contributed by atoms with van der Waals surface area (Å²) in [5.74, 6) is -0.200. The molecule has 0 bridgehead atoms. The number of rotatable bonds is 4. The standard InChI is InChI=1S/C13H15N3O3S/c1-8-3-4-20-10(8)7-16(2)12(18)6-9-5-11(17)14-15-13(9)19/h3-5H,6-7H2,1-2H3,(H,14,17)(H,15,19). The van der Waals surface area contributed by atoms with E-state index < -0.39 is 11.1 Å². The lowest BCUT2D eigenvalue weighted by Crippen LogP contribution is -2.31. The summed E-state index contributed by atoms with van der Waals surface area (Å²) in [6.45, 7) is 2.50. The van der Waals surface area contributed by atoms with E-state index in [-0.39, 0.29) is 17.9 Å². The molecule has 0 aliphatic rings. The van der Waals surface area contributed by atoms with E-state index in [1.54, 1.807) is 23.3 Å². The number of aromatic nitrogens is 2. The molecule has 0 aromatic carbocycles. The van der Waals surface area contributed by atoms with E-state index in [1.807, 2.05) is 18.4 Å². The van der Waals surface area contributed by atoms with Gasteiger partial charge in [-0.3, -0.25) is 24.6 Å². The second kappa shape index (κ2) is 5.87. The second-order valence-corrected chi connectivity index (χ2v) is 5.57. The van der Waals surface area contributed by atoms with Crippen molar-refractivity contribution in [2.75, 3.05) is 7.05 Å². The number of aromatic amines is 2. The number of hydrogen-bond acceptors (Lipinski definition) is 4. The largest absolute Gasteiger partial charge is 0.340 e. The monoisotopic (exact) mass is 293 g/mol. The van der Waals surface area contributed by atoms with Gasteiger partial charge < -0.3 is 4.90 Å². The summed E-state index contributed by atoms with van der Waals surface area (Å²) >= 11 is 1.59. The van der Waals surface area contributed by atoms with E-state index >= 15 is 0 Å². The normalized spacial score (nSPS) is 10.5. The van der Waals surface area contributed by atoms with Crippen LogP contribution >= 0.6 is 11.3 Å². The molecule has 7 heteroatoms. The van der Waals surface area contributed by atoms with Crippen LogP contribution in [0, 0.1) is 6.92 Å². The van der Waals surface area contributed by atoms with Gasteiger partial charge in [-0.2, -0.15) is 0 Å². The van der Waals surface area contributed by atoms with Crippen molar-refractivity contribution in [3.63, 3.8) is 0 Å². The Morgan fingerprint density at radius 2 is 2.10 bits per heavy atom. The molecule has 6 nitrogen and oxygen atoms in total. The smallest absolute Gasteiger partial charge is 0.266 e. The molecule has 0 saturated heterocycles. The van der Waals surface area contributed by atoms with E-state index in [2.05, 4.69) is 10.2 Å². The Balaban J connectivity index is 2.08. The molecule has 0 fully saturated rings. The van der Waals surface area contributed by atoms with Crippen molar-refractivity contribution in [3.8, 4) is 0 Å². The molecule has 2 heterocycles. The zero-order valence-corrected chi connectivity index (χ0v) is 12.0. The number of hydrogen-bond donors (Lipinski definition) is 2. The SMILES string of the molecule is Cc1ccsc1CN(C)C(=O)Cc1cc(=O)[nH][nH]c1=O. The minimum Gasteiger partial charge on any atom is -0.340 e. The first kappa shape index (κ1) is 14.3. The van der Waals surface area contributed by atoms with Crippen molar-refractivity contribution in [1.82, 2.24) is 15.1 Å². The van der Waals surface area contributed by atoms with Crippen molar-refractivity contribution < 1.29 is 4.79 Å². The molecule has 106 valence electrons. The quantitative estimate of drug-likeness (QED) is 0.867. The third-order valence-corrected chi connectivity index (χ3v) is 4.02. The van der Waals surface area contributed by atoms with Crippen LogP contribution in [0.1, 0.15) is 16.0 Å². The van der Waals surface area contributed by atoms with Crippen molar-refractivity contribution >= 4 is 17.2 Å². The van der Waals surface area contributed by atoms with Crippen LogP contribution in [0.2, 0.25) is 0 Å². The van der Waals surface area contributed by atoms with Crippen molar-refractivity contribution in [3.05, 3.63) is 54.2 Å². The van der Waals surface area contributed by atoms with Gasteiger partial charge in [-0.15, -0.1) is 11.3 Å². The number of nitrogens with one attached hydrogen (secondary N) is 2. The summed E-state index contributed by atoms with van der Waals surface area (Å²) in [6.07, 6.45) is -0.0832. The number of H-pyrrole nitrogens is 2. The number of carbonyl (C=O) groups excluding carboxylic acids is 1. The van der Waals surface area contributed by atoms with E-state index in [0.29, 0.717) is 6.54 Å². The predicted molar refractivity (Wildman–Crippen MR) is 76.9 cm³/mol. The molecule has 20 heavy (non-hydrogen) atoms. The summed E-state index contributed by atoms with van der Waals surface area (Å²) in [5.41, 5.74) is 0.444. The molecule has 1 amide bonds. The molecule has 2 aromatic rings. The molecule has 2 aromatic heterocycles. The summed E-state index contributed by atoms with van der Waals surface area (Å²) < 4.78 is 0. The molecule has 0 saturated carbocycles. The number of likely N-dealkylation sites (N-methyl/N-ethyl adjacent to an activating group) is 1. The van der Waals surface area contributed by atoms with Crippen molar-refractivity contribution in [2.24, 2.45) is 0 Å². The van der Waals surface area contributed by atoms with Crippen LogP contribution in [0.3, 0.4) is 0 Å². The first-order valence-corrected chi connectivity index (χ1v) is 6.93. The number of aryl methyl sites for hydroxylation is 1. The van der Waals surface area contributed by atoms with Gasteiger partial charge >= 0.3 is 0 Å². The fourth-order valence-corrected chi connectivity index (χ4v) is 2.72. The van der Waals surface area contributed by atoms with Gasteiger partial charge in [0.25, 0.3) is 11.1 Å². The zero-order valence-electron chi connectivity index (χ0n) is 11.2. The molecule has 0 unspecified atom stereocenters.